The van der Waals surface area contributed by atoms with Gasteiger partial charge < -0.3 is 20.3 Å². The summed E-state index contributed by atoms with van der Waals surface area (Å²) in [6.45, 7) is 8.99. The first-order valence-corrected chi connectivity index (χ1v) is 12.7. The minimum absolute atomic E-state index is 0.0296. The van der Waals surface area contributed by atoms with E-state index in [1.165, 1.54) is 6.42 Å². The van der Waals surface area contributed by atoms with Crippen molar-refractivity contribution in [3.63, 3.8) is 0 Å². The summed E-state index contributed by atoms with van der Waals surface area (Å²) in [6.07, 6.45) is 7.46. The molecule has 2 N–H and O–H groups in total. The minimum atomic E-state index is -0.815. The van der Waals surface area contributed by atoms with E-state index >= 15 is 0 Å². The smallest absolute Gasteiger partial charge is 0.408 e. The Hall–Kier alpha value is -2.57. The minimum Gasteiger partial charge on any atom is -0.444 e. The van der Waals surface area contributed by atoms with Crippen LogP contribution in [0.1, 0.15) is 96.2 Å². The molecule has 7 nitrogen and oxygen atoms in total. The highest BCUT2D eigenvalue weighted by Gasteiger charge is 2.41. The molecular weight excluding hydrogens is 430 g/mol. The second-order valence-corrected chi connectivity index (χ2v) is 10.9. The van der Waals surface area contributed by atoms with Crippen LogP contribution in [0.15, 0.2) is 24.3 Å². The maximum atomic E-state index is 13.8. The molecule has 0 aromatic heterocycles. The van der Waals surface area contributed by atoms with Crippen molar-refractivity contribution in [2.75, 3.05) is 0 Å². The lowest BCUT2D eigenvalue weighted by atomic mass is 9.87. The molecule has 3 rings (SSSR count). The predicted molar refractivity (Wildman–Crippen MR) is 132 cm³/mol. The Morgan fingerprint density at radius 3 is 2.26 bits per heavy atom. The number of carbonyl (C=O) groups is 3. The number of benzene rings is 1. The normalized spacial score (nSPS) is 18.9. The topological polar surface area (TPSA) is 87.7 Å². The molecular formula is C27H41N3O4. The number of alkyl carbamates (subject to hydrolysis) is 1. The monoisotopic (exact) mass is 471 g/mol. The third-order valence-electron chi connectivity index (χ3n) is 6.66. The van der Waals surface area contributed by atoms with E-state index in [-0.39, 0.29) is 23.9 Å². The van der Waals surface area contributed by atoms with E-state index in [0.29, 0.717) is 0 Å². The quantitative estimate of drug-likeness (QED) is 0.599. The summed E-state index contributed by atoms with van der Waals surface area (Å²) in [6, 6.07) is 6.38. The van der Waals surface area contributed by atoms with Crippen molar-refractivity contribution in [1.29, 1.82) is 0 Å². The highest BCUT2D eigenvalue weighted by Crippen LogP contribution is 2.34. The lowest BCUT2D eigenvalue weighted by Gasteiger charge is -2.43. The zero-order chi connectivity index (χ0) is 24.9. The molecule has 0 aliphatic heterocycles. The first-order valence-electron chi connectivity index (χ1n) is 12.7. The second kappa shape index (κ2) is 11.2. The van der Waals surface area contributed by atoms with Gasteiger partial charge in [0.2, 0.25) is 11.8 Å². The van der Waals surface area contributed by atoms with Crippen LogP contribution in [-0.2, 0) is 14.3 Å². The van der Waals surface area contributed by atoms with Gasteiger partial charge >= 0.3 is 6.09 Å². The van der Waals surface area contributed by atoms with Crippen LogP contribution >= 0.6 is 0 Å². The van der Waals surface area contributed by atoms with Crippen molar-refractivity contribution >= 4 is 17.9 Å². The zero-order valence-electron chi connectivity index (χ0n) is 21.4. The fourth-order valence-electron chi connectivity index (χ4n) is 4.76. The lowest BCUT2D eigenvalue weighted by molar-refractivity contribution is -0.147. The van der Waals surface area contributed by atoms with Gasteiger partial charge in [-0.25, -0.2) is 4.79 Å². The molecule has 2 fully saturated rings. The van der Waals surface area contributed by atoms with Gasteiger partial charge in [0.1, 0.15) is 17.7 Å². The molecule has 188 valence electrons. The van der Waals surface area contributed by atoms with E-state index in [1.54, 1.807) is 32.6 Å². The fourth-order valence-corrected chi connectivity index (χ4v) is 4.76. The van der Waals surface area contributed by atoms with Crippen molar-refractivity contribution in [2.45, 2.75) is 116 Å². The van der Waals surface area contributed by atoms with Crippen LogP contribution in [0.5, 0.6) is 0 Å². The van der Waals surface area contributed by atoms with E-state index in [4.69, 9.17) is 4.74 Å². The first-order chi connectivity index (χ1) is 16.0. The number of hydrogen-bond acceptors (Lipinski definition) is 4. The Morgan fingerprint density at radius 2 is 1.71 bits per heavy atom. The molecule has 1 aromatic rings. The third-order valence-corrected chi connectivity index (χ3v) is 6.66. The fraction of sp³-hybridized carbons (Fsp3) is 0.667. The Bertz CT molecular complexity index is 869. The summed E-state index contributed by atoms with van der Waals surface area (Å²) < 4.78 is 5.35. The van der Waals surface area contributed by atoms with Crippen LogP contribution < -0.4 is 10.6 Å². The molecule has 0 heterocycles. The van der Waals surface area contributed by atoms with Crippen LogP contribution in [-0.4, -0.2) is 46.5 Å². The summed E-state index contributed by atoms with van der Waals surface area (Å²) in [5.74, 6) is -0.400. The first kappa shape index (κ1) is 26.0. The molecule has 1 aromatic carbocycles. The van der Waals surface area contributed by atoms with Gasteiger partial charge in [-0.05, 0) is 72.3 Å². The predicted octanol–water partition coefficient (Wildman–Crippen LogP) is 4.78. The van der Waals surface area contributed by atoms with Crippen molar-refractivity contribution in [1.82, 2.24) is 15.5 Å². The second-order valence-electron chi connectivity index (χ2n) is 10.9. The number of rotatable bonds is 7. The SMILES string of the molecule is Cc1cccc(C(C(=O)NC2CCCCC2)N(C(=O)C(C)NC(=O)OC(C)(C)C)C2CCC2)c1. The highest BCUT2D eigenvalue weighted by molar-refractivity contribution is 5.92. The number of nitrogens with zero attached hydrogens (tertiary/aromatic N) is 1. The zero-order valence-corrected chi connectivity index (χ0v) is 21.4. The van der Waals surface area contributed by atoms with Gasteiger partial charge in [-0.2, -0.15) is 0 Å². The molecule has 2 unspecified atom stereocenters. The van der Waals surface area contributed by atoms with Crippen molar-refractivity contribution in [2.24, 2.45) is 0 Å². The van der Waals surface area contributed by atoms with Crippen LogP contribution in [0, 0.1) is 6.92 Å². The summed E-state index contributed by atoms with van der Waals surface area (Å²) in [7, 11) is 0. The molecule has 7 heteroatoms. The van der Waals surface area contributed by atoms with Gasteiger partial charge in [0.25, 0.3) is 0 Å². The van der Waals surface area contributed by atoms with Crippen molar-refractivity contribution < 1.29 is 19.1 Å². The Morgan fingerprint density at radius 1 is 1.03 bits per heavy atom. The molecule has 34 heavy (non-hydrogen) atoms. The van der Waals surface area contributed by atoms with Crippen molar-refractivity contribution in [3.05, 3.63) is 35.4 Å². The van der Waals surface area contributed by atoms with E-state index in [0.717, 1.165) is 56.1 Å². The van der Waals surface area contributed by atoms with Gasteiger partial charge in [-0.15, -0.1) is 0 Å². The molecule has 3 amide bonds. The average Bonchev–Trinajstić information content (AvgIpc) is 2.70. The Labute approximate surface area is 204 Å². The van der Waals surface area contributed by atoms with Crippen LogP contribution in [0.4, 0.5) is 4.79 Å². The maximum Gasteiger partial charge on any atom is 0.408 e. The van der Waals surface area contributed by atoms with Crippen LogP contribution in [0.2, 0.25) is 0 Å². The maximum absolute atomic E-state index is 13.8. The number of nitrogens with one attached hydrogen (secondary N) is 2. The number of hydrogen-bond donors (Lipinski definition) is 2. The van der Waals surface area contributed by atoms with Gasteiger partial charge in [0, 0.05) is 12.1 Å². The summed E-state index contributed by atoms with van der Waals surface area (Å²) in [5, 5.41) is 5.91. The highest BCUT2D eigenvalue weighted by atomic mass is 16.6. The molecule has 2 aliphatic rings. The molecule has 2 saturated carbocycles. The van der Waals surface area contributed by atoms with Crippen molar-refractivity contribution in [3.8, 4) is 0 Å². The average molecular weight is 472 g/mol. The van der Waals surface area contributed by atoms with Crippen LogP contribution in [0.25, 0.3) is 0 Å². The molecule has 0 radical (unpaired) electrons. The summed E-state index contributed by atoms with van der Waals surface area (Å²) >= 11 is 0. The van der Waals surface area contributed by atoms with E-state index in [9.17, 15) is 14.4 Å². The van der Waals surface area contributed by atoms with Crippen LogP contribution in [0.3, 0.4) is 0 Å². The summed E-state index contributed by atoms with van der Waals surface area (Å²) in [5.41, 5.74) is 1.18. The standard InChI is InChI=1S/C27H41N3O4/c1-18-11-9-12-20(17-18)23(24(31)29-21-13-7-6-8-14-21)30(22-15-10-16-22)25(32)19(2)28-26(33)34-27(3,4)5/h9,11-12,17,19,21-23H,6-8,10,13-16H2,1-5H3,(H,28,33)(H,29,31). The molecule has 0 bridgehead atoms. The molecule has 2 atom stereocenters. The molecule has 0 saturated heterocycles. The van der Waals surface area contributed by atoms with Gasteiger partial charge in [0.05, 0.1) is 0 Å². The van der Waals surface area contributed by atoms with Gasteiger partial charge in [-0.1, -0.05) is 49.1 Å². The van der Waals surface area contributed by atoms with E-state index < -0.39 is 23.8 Å². The lowest BCUT2D eigenvalue weighted by Crippen LogP contribution is -2.57. The van der Waals surface area contributed by atoms with E-state index in [1.807, 2.05) is 31.2 Å². The van der Waals surface area contributed by atoms with Gasteiger partial charge in [-0.3, -0.25) is 9.59 Å². The number of aryl methyl sites for hydroxylation is 1. The largest absolute Gasteiger partial charge is 0.444 e. The Kier molecular flexibility index (Phi) is 8.61. The van der Waals surface area contributed by atoms with Gasteiger partial charge in [0.15, 0.2) is 0 Å². The number of carbonyl (C=O) groups excluding carboxylic acids is 3. The Balaban J connectivity index is 1.87. The van der Waals surface area contributed by atoms with E-state index in [2.05, 4.69) is 10.6 Å². The number of amides is 3. The summed E-state index contributed by atoms with van der Waals surface area (Å²) in [4.78, 5) is 41.5. The molecule has 0 spiro atoms. The molecule has 2 aliphatic carbocycles. The number of ether oxygens (including phenoxy) is 1. The third kappa shape index (κ3) is 6.97.